The second-order valence-electron chi connectivity index (χ2n) is 14.0. The summed E-state index contributed by atoms with van der Waals surface area (Å²) in [5, 5.41) is 0. The Hall–Kier alpha value is 0.411. The van der Waals surface area contributed by atoms with Crippen LogP contribution in [0.5, 0.6) is 0 Å². The van der Waals surface area contributed by atoms with Crippen LogP contribution >= 0.6 is 0 Å². The van der Waals surface area contributed by atoms with Crippen LogP contribution in [0.25, 0.3) is 0 Å². The van der Waals surface area contributed by atoms with Gasteiger partial charge in [-0.15, -0.1) is 0 Å². The molecule has 0 bridgehead atoms. The fraction of sp³-hybridized carbons (Fsp3) is 1.00. The van der Waals surface area contributed by atoms with E-state index in [1.54, 1.807) is 0 Å². The molecule has 0 amide bonds. The molecule has 3 aliphatic carbocycles. The molecule has 0 N–H and O–H groups in total. The third-order valence-corrected chi connectivity index (χ3v) is 26.1. The summed E-state index contributed by atoms with van der Waals surface area (Å²) in [6.45, 7) is 9.18. The first-order valence-electron chi connectivity index (χ1n) is 18.5. The molecular formula is C33H66O6Si3. The zero-order chi connectivity index (χ0) is 29.6. The van der Waals surface area contributed by atoms with Crippen molar-refractivity contribution < 1.29 is 26.6 Å². The van der Waals surface area contributed by atoms with Crippen molar-refractivity contribution in [2.24, 2.45) is 0 Å². The van der Waals surface area contributed by atoms with Gasteiger partial charge in [0.2, 0.25) is 0 Å². The van der Waals surface area contributed by atoms with E-state index >= 15 is 0 Å². The number of unbranched alkanes of at least 4 members (excludes halogenated alkanes) is 3. The Balaban J connectivity index is 1.78. The number of hydrogen-bond acceptors (Lipinski definition) is 6. The molecule has 0 spiro atoms. The van der Waals surface area contributed by atoms with E-state index in [0.717, 1.165) is 58.3 Å². The number of rotatable bonds is 18. The van der Waals surface area contributed by atoms with Crippen LogP contribution in [0.3, 0.4) is 0 Å². The molecule has 0 unspecified atom stereocenters. The summed E-state index contributed by atoms with van der Waals surface area (Å²) in [6.07, 6.45) is 27.9. The molecule has 0 aromatic carbocycles. The van der Waals surface area contributed by atoms with E-state index in [9.17, 15) is 0 Å². The molecule has 6 nitrogen and oxygen atoms in total. The van der Waals surface area contributed by atoms with Gasteiger partial charge >= 0.3 is 25.7 Å². The molecule has 1 saturated heterocycles. The summed E-state index contributed by atoms with van der Waals surface area (Å²) >= 11 is 0. The summed E-state index contributed by atoms with van der Waals surface area (Å²) < 4.78 is 43.4. The van der Waals surface area contributed by atoms with Crippen LogP contribution in [0.1, 0.15) is 156 Å². The van der Waals surface area contributed by atoms with Crippen molar-refractivity contribution in [1.29, 1.82) is 0 Å². The second kappa shape index (κ2) is 18.5. The molecule has 0 radical (unpaired) electrons. The molecule has 0 atom stereocenters. The summed E-state index contributed by atoms with van der Waals surface area (Å²) in [5.41, 5.74) is 1.48. The van der Waals surface area contributed by atoms with Gasteiger partial charge < -0.3 is 26.6 Å². The van der Waals surface area contributed by atoms with Crippen molar-refractivity contribution in [3.63, 3.8) is 0 Å². The highest BCUT2D eigenvalue weighted by atomic mass is 28.5. The van der Waals surface area contributed by atoms with Crippen molar-refractivity contribution in [3.8, 4) is 0 Å². The molecule has 42 heavy (non-hydrogen) atoms. The third kappa shape index (κ3) is 9.47. The lowest BCUT2D eigenvalue weighted by atomic mass is 10.0. The first kappa shape index (κ1) is 35.3. The quantitative estimate of drug-likeness (QED) is 0.110. The van der Waals surface area contributed by atoms with Crippen LogP contribution in [0.2, 0.25) is 16.6 Å². The van der Waals surface area contributed by atoms with Crippen LogP contribution in [0, 0.1) is 0 Å². The van der Waals surface area contributed by atoms with Crippen molar-refractivity contribution in [1.82, 2.24) is 0 Å². The standard InChI is InChI=1S/C33H66O6Si3/c1-4-7-25-34-28-40(31-19-13-10-14-20-31)37-41(29-35-26-8-5-2,32-21-15-11-16-22-32)39-42(38-40,30-36-27-9-6-3)33-23-17-12-18-24-33/h31-33H,4-30H2,1-3H3. The molecule has 3 saturated carbocycles. The van der Waals surface area contributed by atoms with Gasteiger partial charge in [-0.1, -0.05) is 97.8 Å². The zero-order valence-corrected chi connectivity index (χ0v) is 30.8. The number of ether oxygens (including phenoxy) is 3. The average molecular weight is 643 g/mol. The summed E-state index contributed by atoms with van der Waals surface area (Å²) in [7, 11) is -8.37. The molecule has 4 fully saturated rings. The lowest BCUT2D eigenvalue weighted by molar-refractivity contribution is 0.0664. The smallest absolute Gasteiger partial charge is 0.350 e. The van der Waals surface area contributed by atoms with Crippen LogP contribution in [-0.2, 0) is 26.6 Å². The van der Waals surface area contributed by atoms with Gasteiger partial charge in [-0.05, 0) is 57.8 Å². The lowest BCUT2D eigenvalue weighted by Gasteiger charge is -2.59. The molecule has 1 heterocycles. The molecule has 0 aromatic heterocycles. The monoisotopic (exact) mass is 642 g/mol. The zero-order valence-electron chi connectivity index (χ0n) is 27.8. The summed E-state index contributed by atoms with van der Waals surface area (Å²) in [6, 6.07) is 0. The van der Waals surface area contributed by atoms with Gasteiger partial charge in [0.25, 0.3) is 0 Å². The maximum atomic E-state index is 7.84. The largest absolute Gasteiger partial charge is 0.412 e. The Bertz CT molecular complexity index is 623. The number of hydrogen-bond donors (Lipinski definition) is 0. The van der Waals surface area contributed by atoms with Crippen molar-refractivity contribution >= 4 is 25.7 Å². The molecule has 9 heteroatoms. The fourth-order valence-electron chi connectivity index (χ4n) is 7.98. The van der Waals surface area contributed by atoms with E-state index in [4.69, 9.17) is 26.6 Å². The predicted molar refractivity (Wildman–Crippen MR) is 178 cm³/mol. The highest BCUT2D eigenvalue weighted by molar-refractivity contribution is 6.96. The maximum absolute atomic E-state index is 7.84. The Labute approximate surface area is 262 Å². The fourth-order valence-corrected chi connectivity index (χ4v) is 27.9. The topological polar surface area (TPSA) is 55.4 Å². The first-order chi connectivity index (χ1) is 20.6. The Morgan fingerprint density at radius 2 is 0.690 bits per heavy atom. The molecule has 246 valence electrons. The molecular weight excluding hydrogens is 577 g/mol. The average Bonchev–Trinajstić information content (AvgIpc) is 3.05. The van der Waals surface area contributed by atoms with E-state index in [1.165, 1.54) is 96.3 Å². The lowest BCUT2D eigenvalue weighted by Crippen LogP contribution is -2.78. The molecule has 1 aliphatic heterocycles. The second-order valence-corrected chi connectivity index (χ2v) is 24.6. The minimum atomic E-state index is -2.79. The van der Waals surface area contributed by atoms with Crippen LogP contribution < -0.4 is 0 Å². The van der Waals surface area contributed by atoms with Gasteiger partial charge in [-0.2, -0.15) is 0 Å². The van der Waals surface area contributed by atoms with Gasteiger partial charge in [0, 0.05) is 36.4 Å². The van der Waals surface area contributed by atoms with Gasteiger partial charge in [0.05, 0.1) is 18.7 Å². The Morgan fingerprint density at radius 3 is 0.929 bits per heavy atom. The van der Waals surface area contributed by atoms with Crippen molar-refractivity contribution in [3.05, 3.63) is 0 Å². The highest BCUT2D eigenvalue weighted by Gasteiger charge is 2.69. The van der Waals surface area contributed by atoms with Crippen molar-refractivity contribution in [2.45, 2.75) is 172 Å². The minimum absolute atomic E-state index is 0.494. The van der Waals surface area contributed by atoms with Gasteiger partial charge in [-0.3, -0.25) is 0 Å². The minimum Gasteiger partial charge on any atom is -0.412 e. The van der Waals surface area contributed by atoms with Crippen LogP contribution in [0.4, 0.5) is 0 Å². The summed E-state index contributed by atoms with van der Waals surface area (Å²) in [4.78, 5) is 0. The first-order valence-corrected chi connectivity index (χ1v) is 24.8. The maximum Gasteiger partial charge on any atom is 0.350 e. The molecule has 4 aliphatic rings. The van der Waals surface area contributed by atoms with Gasteiger partial charge in [-0.25, -0.2) is 0 Å². The van der Waals surface area contributed by atoms with Crippen molar-refractivity contribution in [2.75, 3.05) is 38.5 Å². The van der Waals surface area contributed by atoms with Gasteiger partial charge in [0.15, 0.2) is 0 Å². The van der Waals surface area contributed by atoms with E-state index in [-0.39, 0.29) is 0 Å². The molecule has 0 aromatic rings. The van der Waals surface area contributed by atoms with Crippen LogP contribution in [0.15, 0.2) is 0 Å². The molecule has 4 rings (SSSR count). The summed E-state index contributed by atoms with van der Waals surface area (Å²) in [5.74, 6) is 0. The Morgan fingerprint density at radius 1 is 0.429 bits per heavy atom. The van der Waals surface area contributed by atoms with E-state index in [1.807, 2.05) is 0 Å². The third-order valence-electron chi connectivity index (χ3n) is 10.6. The predicted octanol–water partition coefficient (Wildman–Crippen LogP) is 9.45. The normalized spacial score (nSPS) is 32.4. The Kier molecular flexibility index (Phi) is 15.6. The van der Waals surface area contributed by atoms with E-state index in [0.29, 0.717) is 35.3 Å². The van der Waals surface area contributed by atoms with E-state index in [2.05, 4.69) is 20.8 Å². The van der Waals surface area contributed by atoms with Crippen LogP contribution in [-0.4, -0.2) is 64.2 Å². The highest BCUT2D eigenvalue weighted by Crippen LogP contribution is 2.53. The van der Waals surface area contributed by atoms with Gasteiger partial charge in [0.1, 0.15) is 0 Å². The SMILES string of the molecule is CCCCOC[Si]1(C2CCCCC2)O[Si](COCCCC)(C2CCCCC2)O[Si](COCCCC)(C2CCCCC2)O1. The van der Waals surface area contributed by atoms with E-state index < -0.39 is 25.7 Å².